The maximum absolute atomic E-state index is 12.7. The van der Waals surface area contributed by atoms with Crippen LogP contribution in [0.25, 0.3) is 21.8 Å². The second-order valence-electron chi connectivity index (χ2n) is 6.61. The van der Waals surface area contributed by atoms with Gasteiger partial charge in [-0.15, -0.1) is 11.3 Å². The summed E-state index contributed by atoms with van der Waals surface area (Å²) in [5, 5.41) is 3.77. The highest BCUT2D eigenvalue weighted by molar-refractivity contribution is 7.17. The lowest BCUT2D eigenvalue weighted by atomic mass is 10.1. The minimum Gasteiger partial charge on any atom is -0.497 e. The van der Waals surface area contributed by atoms with Gasteiger partial charge in [-0.25, -0.2) is 15.0 Å². The predicted molar refractivity (Wildman–Crippen MR) is 117 cm³/mol. The van der Waals surface area contributed by atoms with Crippen molar-refractivity contribution in [3.63, 3.8) is 0 Å². The van der Waals surface area contributed by atoms with Crippen molar-refractivity contribution in [1.29, 1.82) is 0 Å². The number of ether oxygens (including phenoxy) is 1. The maximum Gasteiger partial charge on any atom is 0.263 e. The van der Waals surface area contributed by atoms with E-state index in [2.05, 4.69) is 20.3 Å². The van der Waals surface area contributed by atoms with E-state index in [-0.39, 0.29) is 5.91 Å². The molecule has 2 heterocycles. The van der Waals surface area contributed by atoms with E-state index in [0.29, 0.717) is 11.4 Å². The van der Waals surface area contributed by atoms with Crippen molar-refractivity contribution in [2.24, 2.45) is 0 Å². The Balaban J connectivity index is 1.46. The van der Waals surface area contributed by atoms with Crippen LogP contribution in [0, 0.1) is 6.92 Å². The van der Waals surface area contributed by atoms with Gasteiger partial charge in [0.2, 0.25) is 0 Å². The van der Waals surface area contributed by atoms with Gasteiger partial charge in [0.25, 0.3) is 5.91 Å². The van der Waals surface area contributed by atoms with Gasteiger partial charge in [-0.05, 0) is 37.3 Å². The Morgan fingerprint density at radius 1 is 1.03 bits per heavy atom. The number of hydrogen-bond acceptors (Lipinski definition) is 6. The zero-order valence-electron chi connectivity index (χ0n) is 16.6. The molecule has 150 valence electrons. The molecule has 0 aliphatic heterocycles. The van der Waals surface area contributed by atoms with Gasteiger partial charge in [0.1, 0.15) is 22.0 Å². The van der Waals surface area contributed by atoms with E-state index >= 15 is 0 Å². The number of carbonyl (C=O) groups is 1. The first-order chi connectivity index (χ1) is 14.6. The summed E-state index contributed by atoms with van der Waals surface area (Å²) in [6.07, 6.45) is 1.51. The summed E-state index contributed by atoms with van der Waals surface area (Å²) >= 11 is 1.39. The number of methoxy groups -OCH3 is 1. The topological polar surface area (TPSA) is 77.0 Å². The van der Waals surface area contributed by atoms with Gasteiger partial charge >= 0.3 is 0 Å². The molecule has 0 unspecified atom stereocenters. The molecule has 0 aliphatic carbocycles. The molecule has 0 fully saturated rings. The lowest BCUT2D eigenvalue weighted by Crippen LogP contribution is -2.23. The predicted octanol–water partition coefficient (Wildman–Crippen LogP) is 4.51. The first kappa shape index (κ1) is 19.7. The molecule has 0 atom stereocenters. The fourth-order valence-electron chi connectivity index (χ4n) is 2.98. The van der Waals surface area contributed by atoms with Crippen LogP contribution in [0.15, 0.2) is 67.0 Å². The monoisotopic (exact) mass is 416 g/mol. The quantitative estimate of drug-likeness (QED) is 0.500. The van der Waals surface area contributed by atoms with Crippen LogP contribution in [-0.4, -0.2) is 28.0 Å². The van der Waals surface area contributed by atoms with Gasteiger partial charge in [-0.1, -0.05) is 30.3 Å². The summed E-state index contributed by atoms with van der Waals surface area (Å²) in [7, 11) is 1.63. The average molecular weight is 417 g/mol. The van der Waals surface area contributed by atoms with Crippen molar-refractivity contribution < 1.29 is 9.53 Å². The molecule has 0 bridgehead atoms. The summed E-state index contributed by atoms with van der Waals surface area (Å²) < 4.78 is 5.19. The molecule has 6 nitrogen and oxygen atoms in total. The summed E-state index contributed by atoms with van der Waals surface area (Å²) in [6.45, 7) is 2.16. The lowest BCUT2D eigenvalue weighted by Gasteiger charge is -2.06. The SMILES string of the molecule is COc1ccc(-c2cc(CNC(=O)c3sc(-c4ccccc4)nc3C)ncn2)cc1. The zero-order valence-corrected chi connectivity index (χ0v) is 17.4. The number of benzene rings is 2. The smallest absolute Gasteiger partial charge is 0.263 e. The minimum absolute atomic E-state index is 0.156. The summed E-state index contributed by atoms with van der Waals surface area (Å²) in [6, 6.07) is 19.4. The molecule has 1 amide bonds. The van der Waals surface area contributed by atoms with E-state index in [0.717, 1.165) is 39.0 Å². The number of hydrogen-bond donors (Lipinski definition) is 1. The van der Waals surface area contributed by atoms with Gasteiger partial charge in [-0.3, -0.25) is 4.79 Å². The van der Waals surface area contributed by atoms with Gasteiger partial charge in [0.15, 0.2) is 0 Å². The largest absolute Gasteiger partial charge is 0.497 e. The third kappa shape index (κ3) is 4.36. The number of thiazole rings is 1. The van der Waals surface area contributed by atoms with Gasteiger partial charge < -0.3 is 10.1 Å². The molecule has 2 aromatic carbocycles. The summed E-state index contributed by atoms with van der Waals surface area (Å²) in [5.74, 6) is 0.631. The maximum atomic E-state index is 12.7. The minimum atomic E-state index is -0.156. The number of rotatable bonds is 6. The van der Waals surface area contributed by atoms with E-state index in [4.69, 9.17) is 4.74 Å². The van der Waals surface area contributed by atoms with E-state index < -0.39 is 0 Å². The van der Waals surface area contributed by atoms with Crippen LogP contribution >= 0.6 is 11.3 Å². The van der Waals surface area contributed by atoms with E-state index in [1.807, 2.05) is 67.6 Å². The van der Waals surface area contributed by atoms with Crippen molar-refractivity contribution in [2.45, 2.75) is 13.5 Å². The Morgan fingerprint density at radius 2 is 1.80 bits per heavy atom. The third-order valence-corrected chi connectivity index (χ3v) is 5.77. The fraction of sp³-hybridized carbons (Fsp3) is 0.130. The Kier molecular flexibility index (Phi) is 5.81. The number of carbonyl (C=O) groups excluding carboxylic acids is 1. The first-order valence-electron chi connectivity index (χ1n) is 9.40. The highest BCUT2D eigenvalue weighted by Crippen LogP contribution is 2.27. The van der Waals surface area contributed by atoms with Crippen LogP contribution in [0.2, 0.25) is 0 Å². The standard InChI is InChI=1S/C23H20N4O2S/c1-15-21(30-23(27-15)17-6-4-3-5-7-17)22(28)24-13-18-12-20(26-14-25-18)16-8-10-19(29-2)11-9-16/h3-12,14H,13H2,1-2H3,(H,24,28). The second-order valence-corrected chi connectivity index (χ2v) is 7.60. The molecule has 0 saturated heterocycles. The fourth-order valence-corrected chi connectivity index (χ4v) is 3.96. The molecule has 0 spiro atoms. The first-order valence-corrected chi connectivity index (χ1v) is 10.2. The molecule has 4 aromatic rings. The molecule has 30 heavy (non-hydrogen) atoms. The summed E-state index contributed by atoms with van der Waals surface area (Å²) in [5.41, 5.74) is 4.20. The highest BCUT2D eigenvalue weighted by atomic mass is 32.1. The zero-order chi connectivity index (χ0) is 20.9. The molecule has 4 rings (SSSR count). The number of aryl methyl sites for hydroxylation is 1. The van der Waals surface area contributed by atoms with Crippen LogP contribution < -0.4 is 10.1 Å². The number of nitrogens with zero attached hydrogens (tertiary/aromatic N) is 3. The Bertz CT molecular complexity index is 1160. The number of aromatic nitrogens is 3. The van der Waals surface area contributed by atoms with Crippen molar-refractivity contribution in [2.75, 3.05) is 7.11 Å². The Hall–Kier alpha value is -3.58. The Morgan fingerprint density at radius 3 is 2.53 bits per heavy atom. The van der Waals surface area contributed by atoms with Crippen LogP contribution in [0.5, 0.6) is 5.75 Å². The Labute approximate surface area is 178 Å². The molecule has 0 aliphatic rings. The van der Waals surface area contributed by atoms with Crippen molar-refractivity contribution >= 4 is 17.2 Å². The molecule has 7 heteroatoms. The van der Waals surface area contributed by atoms with E-state index in [1.165, 1.54) is 17.7 Å². The van der Waals surface area contributed by atoms with Crippen LogP contribution in [0.3, 0.4) is 0 Å². The molecule has 0 saturated carbocycles. The van der Waals surface area contributed by atoms with Crippen LogP contribution in [0.1, 0.15) is 21.1 Å². The molecule has 1 N–H and O–H groups in total. The molecule has 2 aromatic heterocycles. The molecule has 0 radical (unpaired) electrons. The van der Waals surface area contributed by atoms with E-state index in [1.54, 1.807) is 7.11 Å². The van der Waals surface area contributed by atoms with Gasteiger partial charge in [-0.2, -0.15) is 0 Å². The molecular formula is C23H20N4O2S. The van der Waals surface area contributed by atoms with Crippen LogP contribution in [0.4, 0.5) is 0 Å². The average Bonchev–Trinajstić information content (AvgIpc) is 3.20. The lowest BCUT2D eigenvalue weighted by molar-refractivity contribution is 0.0953. The van der Waals surface area contributed by atoms with E-state index in [9.17, 15) is 4.79 Å². The van der Waals surface area contributed by atoms with Crippen molar-refractivity contribution in [3.05, 3.63) is 83.3 Å². The van der Waals surface area contributed by atoms with Gasteiger partial charge in [0.05, 0.1) is 30.7 Å². The summed E-state index contributed by atoms with van der Waals surface area (Å²) in [4.78, 5) is 26.5. The normalized spacial score (nSPS) is 10.6. The van der Waals surface area contributed by atoms with Crippen LogP contribution in [-0.2, 0) is 6.54 Å². The highest BCUT2D eigenvalue weighted by Gasteiger charge is 2.16. The third-order valence-electron chi connectivity index (χ3n) is 4.56. The van der Waals surface area contributed by atoms with Crippen molar-refractivity contribution in [3.8, 4) is 27.6 Å². The van der Waals surface area contributed by atoms with Gasteiger partial charge in [0, 0.05) is 11.1 Å². The molecular weight excluding hydrogens is 396 g/mol. The second kappa shape index (κ2) is 8.84. The number of amides is 1. The van der Waals surface area contributed by atoms with Crippen molar-refractivity contribution in [1.82, 2.24) is 20.3 Å². The number of nitrogens with one attached hydrogen (secondary N) is 1.